The molecule has 131 heavy (non-hydrogen) atoms. The first-order valence-corrected chi connectivity index (χ1v) is 59.9. The molecule has 2 N–H and O–H groups in total. The molecule has 0 aliphatic heterocycles. The minimum Gasteiger partial charge on any atom is -0.349 e. The van der Waals surface area contributed by atoms with Crippen molar-refractivity contribution in [2.45, 2.75) is 100 Å². The second-order valence-corrected chi connectivity index (χ2v) is 54.7. The van der Waals surface area contributed by atoms with Crippen LogP contribution in [0, 0.1) is 3.57 Å². The molecule has 0 aliphatic rings. The molecule has 0 saturated heterocycles. The minimum atomic E-state index is -2.49. The van der Waals surface area contributed by atoms with E-state index in [1.165, 1.54) is 122 Å². The standard InChI is InChI=1S/4C18H15P.C15H19IN4O.C15H19N4O.3C4H9.Pd.Sn/c4*1-4-10-16(11-5-1)19(17-12-6-2-7-13-17)18-14-8-3-9-15-18;1-3-20(4-2)8-7-17-15(21)14-10-18-13-9-11(16)5-6-12(13)19-14;1-3-19(4-2)10-9-16-15(20)14-11-17-12-7-5-6-8-13(12)18-14;3*1-3-4-2;;/h4*1-15H;5-6,9-10H,3-4,7-8H2,1-2H3,(H,17,21);6-8,11H,3-4,9-10H2,1-2H3,(H,16,20);3*1,3-4H2,2H3;;. The Morgan fingerprint density at radius 1 is 0.290 bits per heavy atom. The van der Waals surface area contributed by atoms with E-state index < -0.39 is 50.1 Å². The molecule has 16 aromatic rings. The summed E-state index contributed by atoms with van der Waals surface area (Å²) in [6.07, 6.45) is 11.1. The topological polar surface area (TPSA) is 116 Å². The number of aromatic nitrogens is 4. The molecule has 0 spiro atoms. The van der Waals surface area contributed by atoms with Crippen molar-refractivity contribution in [3.63, 3.8) is 0 Å². The van der Waals surface area contributed by atoms with Crippen LogP contribution >= 0.6 is 54.3 Å². The van der Waals surface area contributed by atoms with Crippen LogP contribution in [0.2, 0.25) is 13.3 Å². The SMILES string of the molecule is CCC[CH2][Sn]([CH2]CCC)([CH2]CCC)[c]1ccc2nc(C(=O)NCCN(CC)CC)cnc2c1.CCN(CC)CCNC(=O)c1cnc2cc(I)ccc2n1.[Pd].c1ccc(P(c2ccccc2)c2ccccc2)cc1.c1ccc(P(c2ccccc2)c2ccccc2)cc1.c1ccc(P(c2ccccc2)c2ccccc2)cc1.c1ccc(P(c2ccccc2)c2ccccc2)cc1. The van der Waals surface area contributed by atoms with Crippen LogP contribution in [0.4, 0.5) is 0 Å². The third-order valence-electron chi connectivity index (χ3n) is 22.5. The number of amides is 2. The van der Waals surface area contributed by atoms with Crippen LogP contribution in [0.25, 0.3) is 22.1 Å². The molecular formula is C114H125IN8O2P4PdSn. The Bertz CT molecular complexity index is 4990. The maximum absolute atomic E-state index is 12.6. The fourth-order valence-corrected chi connectivity index (χ4v) is 41.2. The van der Waals surface area contributed by atoms with Gasteiger partial charge in [0.25, 0.3) is 5.91 Å². The van der Waals surface area contributed by atoms with Gasteiger partial charge in [0.2, 0.25) is 0 Å². The monoisotopic (exact) mass is 2110 g/mol. The van der Waals surface area contributed by atoms with Gasteiger partial charge in [0.05, 0.1) is 17.2 Å². The van der Waals surface area contributed by atoms with Gasteiger partial charge in [-0.3, -0.25) is 9.78 Å². The van der Waals surface area contributed by atoms with Gasteiger partial charge in [0.15, 0.2) is 0 Å². The van der Waals surface area contributed by atoms with E-state index in [0.29, 0.717) is 24.5 Å². The van der Waals surface area contributed by atoms with E-state index in [2.05, 4.69) is 489 Å². The summed E-state index contributed by atoms with van der Waals surface area (Å²) in [7, 11) is -1.78. The Morgan fingerprint density at radius 3 is 0.718 bits per heavy atom. The number of hydrogen-bond acceptors (Lipinski definition) is 8. The fraction of sp³-hybridized carbons (Fsp3) is 0.211. The Labute approximate surface area is 817 Å². The normalized spacial score (nSPS) is 10.9. The molecule has 0 aliphatic carbocycles. The third kappa shape index (κ3) is 32.7. The molecule has 0 atom stereocenters. The summed E-state index contributed by atoms with van der Waals surface area (Å²) in [4.78, 5) is 47.3. The Balaban J connectivity index is 0.000000165. The molecule has 17 heteroatoms. The quantitative estimate of drug-likeness (QED) is 0.0233. The van der Waals surface area contributed by atoms with Crippen molar-refractivity contribution in [2.24, 2.45) is 0 Å². The first kappa shape index (κ1) is 104. The molecule has 2 aromatic heterocycles. The number of unbranched alkanes of at least 4 members (excludes halogenated alkanes) is 3. The van der Waals surface area contributed by atoms with Crippen LogP contribution in [-0.2, 0) is 20.4 Å². The molecule has 0 unspecified atom stereocenters. The number of hydrogen-bond donors (Lipinski definition) is 2. The van der Waals surface area contributed by atoms with E-state index in [-0.39, 0.29) is 32.2 Å². The van der Waals surface area contributed by atoms with E-state index in [0.717, 1.165) is 64.9 Å². The van der Waals surface area contributed by atoms with Gasteiger partial charge in [-0.05, 0) is 149 Å². The molecule has 2 heterocycles. The van der Waals surface area contributed by atoms with Gasteiger partial charge >= 0.3 is 193 Å². The van der Waals surface area contributed by atoms with Crippen molar-refractivity contribution in [1.82, 2.24) is 40.4 Å². The van der Waals surface area contributed by atoms with E-state index in [1.807, 2.05) is 18.2 Å². The van der Waals surface area contributed by atoms with Crippen LogP contribution in [0.3, 0.4) is 0 Å². The summed E-state index contributed by atoms with van der Waals surface area (Å²) in [5.41, 5.74) is 4.10. The average Bonchev–Trinajstić information content (AvgIpc) is 0.776. The van der Waals surface area contributed by atoms with Crippen LogP contribution in [0.15, 0.2) is 413 Å². The van der Waals surface area contributed by atoms with E-state index in [9.17, 15) is 9.59 Å². The predicted octanol–water partition coefficient (Wildman–Crippen LogP) is 21.8. The number of rotatable bonds is 34. The number of nitrogens with zero attached hydrogens (tertiary/aromatic N) is 6. The van der Waals surface area contributed by atoms with Crippen LogP contribution in [0.1, 0.15) is 108 Å². The zero-order valence-electron chi connectivity index (χ0n) is 76.8. The second-order valence-electron chi connectivity index (χ2n) is 31.4. The van der Waals surface area contributed by atoms with Crippen molar-refractivity contribution < 1.29 is 30.0 Å². The van der Waals surface area contributed by atoms with Gasteiger partial charge in [0, 0.05) is 37.1 Å². The van der Waals surface area contributed by atoms with Crippen molar-refractivity contribution in [1.29, 1.82) is 0 Å². The molecule has 2 amide bonds. The van der Waals surface area contributed by atoms with Crippen LogP contribution < -0.4 is 77.9 Å². The number of likely N-dealkylation sites (N-methyl/N-ethyl adjacent to an activating group) is 2. The summed E-state index contributed by atoms with van der Waals surface area (Å²) in [6, 6.07) is 142. The Hall–Kier alpha value is -9.47. The zero-order chi connectivity index (χ0) is 91.0. The maximum Gasteiger partial charge on any atom is 0.271 e. The molecule has 10 nitrogen and oxygen atoms in total. The van der Waals surface area contributed by atoms with Gasteiger partial charge in [0.1, 0.15) is 5.69 Å². The summed E-state index contributed by atoms with van der Waals surface area (Å²) in [5, 5.41) is 22.7. The van der Waals surface area contributed by atoms with E-state index >= 15 is 0 Å². The smallest absolute Gasteiger partial charge is 0.271 e. The van der Waals surface area contributed by atoms with Gasteiger partial charge in [-0.1, -0.05) is 392 Å². The molecule has 16 rings (SSSR count). The fourth-order valence-electron chi connectivity index (χ4n) is 15.5. The number of halogens is 1. The third-order valence-corrected chi connectivity index (χ3v) is 48.6. The first-order chi connectivity index (χ1) is 64.0. The summed E-state index contributed by atoms with van der Waals surface area (Å²) in [5.74, 6) is -0.307. The summed E-state index contributed by atoms with van der Waals surface area (Å²) >= 11 is -0.264. The summed E-state index contributed by atoms with van der Waals surface area (Å²) < 4.78 is 7.04. The maximum atomic E-state index is 12.6. The minimum absolute atomic E-state index is 0. The van der Waals surface area contributed by atoms with Gasteiger partial charge in [-0.2, -0.15) is 0 Å². The van der Waals surface area contributed by atoms with Crippen LogP contribution in [-0.4, -0.2) is 112 Å². The molecule has 0 bridgehead atoms. The molecule has 674 valence electrons. The molecule has 14 aromatic carbocycles. The van der Waals surface area contributed by atoms with E-state index in [4.69, 9.17) is 4.98 Å². The zero-order valence-corrected chi connectivity index (χ0v) is 86.9. The number of benzene rings is 14. The molecule has 0 fully saturated rings. The number of fused-ring (bicyclic) bond motifs is 2. The van der Waals surface area contributed by atoms with Gasteiger partial charge < -0.3 is 10.2 Å². The first-order valence-electron chi connectivity index (χ1n) is 46.0. The van der Waals surface area contributed by atoms with E-state index in [1.54, 1.807) is 9.78 Å². The van der Waals surface area contributed by atoms with Crippen LogP contribution in [0.5, 0.6) is 0 Å². The Kier molecular flexibility index (Phi) is 46.3. The average molecular weight is 2120 g/mol. The second kappa shape index (κ2) is 58.5. The van der Waals surface area contributed by atoms with Crippen molar-refractivity contribution in [3.05, 3.63) is 428 Å². The Morgan fingerprint density at radius 2 is 0.504 bits per heavy atom. The van der Waals surface area contributed by atoms with Gasteiger partial charge in [-0.25, -0.2) is 4.98 Å². The molecule has 0 saturated carbocycles. The molecule has 0 radical (unpaired) electrons. The molecular weight excluding hydrogens is 1990 g/mol. The number of nitrogens with one attached hydrogen (secondary N) is 2. The van der Waals surface area contributed by atoms with Crippen molar-refractivity contribution in [3.8, 4) is 0 Å². The van der Waals surface area contributed by atoms with Crippen molar-refractivity contribution in [2.75, 3.05) is 52.4 Å². The number of carbonyl (C=O) groups excluding carboxylic acids is 2. The predicted molar refractivity (Wildman–Crippen MR) is 577 cm³/mol. The van der Waals surface area contributed by atoms with Gasteiger partial charge in [-0.15, -0.1) is 0 Å². The number of carbonyl (C=O) groups is 2. The largest absolute Gasteiger partial charge is 0.349 e. The summed E-state index contributed by atoms with van der Waals surface area (Å²) in [6.45, 7) is 22.4. The van der Waals surface area contributed by atoms with Crippen molar-refractivity contribution >= 4 is 174 Å².